The Bertz CT molecular complexity index is 375. The number of aliphatic hydroxyl groups is 1. The highest BCUT2D eigenvalue weighted by Crippen LogP contribution is 2.46. The molecule has 4 heteroatoms. The van der Waals surface area contributed by atoms with E-state index in [1.54, 1.807) is 6.26 Å². The molecule has 0 heterocycles. The van der Waals surface area contributed by atoms with E-state index < -0.39 is 17.2 Å². The van der Waals surface area contributed by atoms with Crippen molar-refractivity contribution in [3.63, 3.8) is 0 Å². The van der Waals surface area contributed by atoms with E-state index in [2.05, 4.69) is 0 Å². The van der Waals surface area contributed by atoms with Crippen molar-refractivity contribution in [1.82, 2.24) is 0 Å². The lowest BCUT2D eigenvalue weighted by molar-refractivity contribution is 0.146. The van der Waals surface area contributed by atoms with Gasteiger partial charge in [-0.1, -0.05) is 0 Å². The Morgan fingerprint density at radius 2 is 1.93 bits per heavy atom. The Morgan fingerprint density at radius 1 is 1.29 bits per heavy atom. The number of benzene rings is 1. The second kappa shape index (κ2) is 3.21. The summed E-state index contributed by atoms with van der Waals surface area (Å²) in [5, 5.41) is 9.66. The fourth-order valence-electron chi connectivity index (χ4n) is 1.43. The molecule has 1 aromatic carbocycles. The van der Waals surface area contributed by atoms with Crippen LogP contribution < -0.4 is 0 Å². The minimum absolute atomic E-state index is 0.0906. The van der Waals surface area contributed by atoms with Gasteiger partial charge in [0.2, 0.25) is 0 Å². The standard InChI is InChI=1S/C10H10F2OS/c1-14-9-5-7(11)6(4-8(9)12)10(13)2-3-10/h4-5,13H,2-3H2,1H3. The molecule has 76 valence electrons. The first-order chi connectivity index (χ1) is 6.57. The molecule has 0 radical (unpaired) electrons. The second-order valence-corrected chi connectivity index (χ2v) is 4.35. The van der Waals surface area contributed by atoms with Gasteiger partial charge in [0.25, 0.3) is 0 Å². The highest BCUT2D eigenvalue weighted by Gasteiger charge is 2.44. The third-order valence-electron chi connectivity index (χ3n) is 2.47. The lowest BCUT2D eigenvalue weighted by atomic mass is 10.1. The first kappa shape index (κ1) is 9.93. The number of thioether (sulfide) groups is 1. The summed E-state index contributed by atoms with van der Waals surface area (Å²) in [5.41, 5.74) is -1.02. The first-order valence-corrected chi connectivity index (χ1v) is 5.55. The Morgan fingerprint density at radius 3 is 2.43 bits per heavy atom. The minimum atomic E-state index is -1.11. The maximum Gasteiger partial charge on any atom is 0.137 e. The number of hydrogen-bond acceptors (Lipinski definition) is 2. The molecule has 0 amide bonds. The maximum atomic E-state index is 13.4. The molecular weight excluding hydrogens is 206 g/mol. The predicted molar refractivity (Wildman–Crippen MR) is 51.3 cm³/mol. The summed E-state index contributed by atoms with van der Waals surface area (Å²) in [6, 6.07) is 2.25. The summed E-state index contributed by atoms with van der Waals surface area (Å²) < 4.78 is 26.7. The van der Waals surface area contributed by atoms with E-state index in [0.29, 0.717) is 12.8 Å². The molecule has 1 aliphatic rings. The molecule has 0 spiro atoms. The van der Waals surface area contributed by atoms with Gasteiger partial charge in [-0.15, -0.1) is 11.8 Å². The van der Waals surface area contributed by atoms with Crippen molar-refractivity contribution in [2.24, 2.45) is 0 Å². The van der Waals surface area contributed by atoms with Crippen LogP contribution in [0.4, 0.5) is 8.78 Å². The summed E-state index contributed by atoms with van der Waals surface area (Å²) >= 11 is 1.15. The number of hydrogen-bond donors (Lipinski definition) is 1. The molecule has 0 atom stereocenters. The lowest BCUT2D eigenvalue weighted by Crippen LogP contribution is -2.08. The molecule has 0 saturated heterocycles. The number of rotatable bonds is 2. The van der Waals surface area contributed by atoms with Crippen LogP contribution in [0.5, 0.6) is 0 Å². The average Bonchev–Trinajstić information content (AvgIpc) is 2.88. The molecule has 1 N–H and O–H groups in total. The smallest absolute Gasteiger partial charge is 0.137 e. The summed E-state index contributed by atoms with van der Waals surface area (Å²) in [6.07, 6.45) is 2.72. The normalized spacial score (nSPS) is 18.3. The van der Waals surface area contributed by atoms with Crippen molar-refractivity contribution in [2.45, 2.75) is 23.3 Å². The summed E-state index contributed by atoms with van der Waals surface area (Å²) in [6.45, 7) is 0. The van der Waals surface area contributed by atoms with E-state index in [9.17, 15) is 13.9 Å². The highest BCUT2D eigenvalue weighted by atomic mass is 32.2. The van der Waals surface area contributed by atoms with Crippen LogP contribution in [-0.4, -0.2) is 11.4 Å². The van der Waals surface area contributed by atoms with Gasteiger partial charge >= 0.3 is 0 Å². The van der Waals surface area contributed by atoms with E-state index in [1.165, 1.54) is 0 Å². The lowest BCUT2D eigenvalue weighted by Gasteiger charge is -2.10. The Balaban J connectivity index is 2.48. The predicted octanol–water partition coefficient (Wildman–Crippen LogP) is 2.67. The van der Waals surface area contributed by atoms with E-state index in [1.807, 2.05) is 0 Å². The van der Waals surface area contributed by atoms with Gasteiger partial charge in [0.05, 0.1) is 5.60 Å². The zero-order valence-electron chi connectivity index (χ0n) is 7.68. The SMILES string of the molecule is CSc1cc(F)c(C2(O)CC2)cc1F. The van der Waals surface area contributed by atoms with Crippen LogP contribution in [0.2, 0.25) is 0 Å². The minimum Gasteiger partial charge on any atom is -0.385 e. The van der Waals surface area contributed by atoms with Gasteiger partial charge in [-0.2, -0.15) is 0 Å². The zero-order chi connectivity index (χ0) is 10.3. The molecule has 1 fully saturated rings. The molecule has 0 aromatic heterocycles. The molecule has 14 heavy (non-hydrogen) atoms. The van der Waals surface area contributed by atoms with Crippen molar-refractivity contribution < 1.29 is 13.9 Å². The molecule has 0 bridgehead atoms. The van der Waals surface area contributed by atoms with Crippen molar-refractivity contribution >= 4 is 11.8 Å². The molecular formula is C10H10F2OS. The van der Waals surface area contributed by atoms with Gasteiger partial charge in [-0.25, -0.2) is 8.78 Å². The topological polar surface area (TPSA) is 20.2 Å². The van der Waals surface area contributed by atoms with Gasteiger partial charge in [0.15, 0.2) is 0 Å². The van der Waals surface area contributed by atoms with Gasteiger partial charge in [0.1, 0.15) is 11.6 Å². The largest absolute Gasteiger partial charge is 0.385 e. The van der Waals surface area contributed by atoms with Gasteiger partial charge < -0.3 is 5.11 Å². The fourth-order valence-corrected chi connectivity index (χ4v) is 1.90. The third kappa shape index (κ3) is 1.53. The van der Waals surface area contributed by atoms with Crippen LogP contribution in [0.1, 0.15) is 18.4 Å². The molecule has 1 saturated carbocycles. The van der Waals surface area contributed by atoms with E-state index >= 15 is 0 Å². The molecule has 1 nitrogen and oxygen atoms in total. The summed E-state index contributed by atoms with van der Waals surface area (Å²) in [4.78, 5) is 0.274. The van der Waals surface area contributed by atoms with Crippen LogP contribution in [0, 0.1) is 11.6 Å². The van der Waals surface area contributed by atoms with E-state index in [0.717, 1.165) is 23.9 Å². The van der Waals surface area contributed by atoms with Gasteiger partial charge in [0, 0.05) is 10.5 Å². The van der Waals surface area contributed by atoms with E-state index in [-0.39, 0.29) is 10.5 Å². The zero-order valence-corrected chi connectivity index (χ0v) is 8.50. The van der Waals surface area contributed by atoms with Crippen LogP contribution in [-0.2, 0) is 5.60 Å². The Kier molecular flexibility index (Phi) is 2.27. The third-order valence-corrected chi connectivity index (χ3v) is 3.22. The second-order valence-electron chi connectivity index (χ2n) is 3.50. The summed E-state index contributed by atoms with van der Waals surface area (Å²) in [5.74, 6) is -0.982. The first-order valence-electron chi connectivity index (χ1n) is 4.33. The van der Waals surface area contributed by atoms with E-state index in [4.69, 9.17) is 0 Å². The number of halogens is 2. The molecule has 0 unspecified atom stereocenters. The van der Waals surface area contributed by atoms with Gasteiger partial charge in [-0.05, 0) is 31.2 Å². The van der Waals surface area contributed by atoms with Gasteiger partial charge in [-0.3, -0.25) is 0 Å². The average molecular weight is 216 g/mol. The molecule has 1 aliphatic carbocycles. The van der Waals surface area contributed by atoms with Crippen LogP contribution >= 0.6 is 11.8 Å². The summed E-state index contributed by atoms with van der Waals surface area (Å²) in [7, 11) is 0. The van der Waals surface area contributed by atoms with Crippen molar-refractivity contribution in [3.8, 4) is 0 Å². The van der Waals surface area contributed by atoms with Crippen molar-refractivity contribution in [3.05, 3.63) is 29.3 Å². The Hall–Kier alpha value is -0.610. The Labute approximate surface area is 85.1 Å². The quantitative estimate of drug-likeness (QED) is 0.767. The van der Waals surface area contributed by atoms with Crippen LogP contribution in [0.15, 0.2) is 17.0 Å². The maximum absolute atomic E-state index is 13.4. The fraction of sp³-hybridized carbons (Fsp3) is 0.400. The van der Waals surface area contributed by atoms with Crippen molar-refractivity contribution in [1.29, 1.82) is 0 Å². The van der Waals surface area contributed by atoms with Crippen molar-refractivity contribution in [2.75, 3.05) is 6.26 Å². The van der Waals surface area contributed by atoms with Crippen LogP contribution in [0.3, 0.4) is 0 Å². The molecule has 0 aliphatic heterocycles. The molecule has 1 aromatic rings. The van der Waals surface area contributed by atoms with Crippen LogP contribution in [0.25, 0.3) is 0 Å². The highest BCUT2D eigenvalue weighted by molar-refractivity contribution is 7.98. The monoisotopic (exact) mass is 216 g/mol. The molecule has 2 rings (SSSR count).